The van der Waals surface area contributed by atoms with Gasteiger partial charge < -0.3 is 19.4 Å². The van der Waals surface area contributed by atoms with Crippen molar-refractivity contribution in [2.45, 2.75) is 52.4 Å². The Morgan fingerprint density at radius 2 is 1.97 bits per heavy atom. The summed E-state index contributed by atoms with van der Waals surface area (Å²) in [6.07, 6.45) is -0.453. The molecule has 0 bridgehead atoms. The fraction of sp³-hybridized carbons (Fsp3) is 0.391. The zero-order valence-corrected chi connectivity index (χ0v) is 23.1. The van der Waals surface area contributed by atoms with E-state index in [0.717, 1.165) is 10.4 Å². The van der Waals surface area contributed by atoms with Crippen molar-refractivity contribution in [2.24, 2.45) is 0 Å². The van der Waals surface area contributed by atoms with Crippen LogP contribution in [0.4, 0.5) is 5.00 Å². The Kier molecular flexibility index (Phi) is 9.46. The Labute approximate surface area is 222 Å². The van der Waals surface area contributed by atoms with Crippen molar-refractivity contribution in [3.8, 4) is 5.75 Å². The minimum absolute atomic E-state index is 0.0890. The molecule has 1 atom stereocenters. The fourth-order valence-corrected chi connectivity index (χ4v) is 5.47. The van der Waals surface area contributed by atoms with Crippen LogP contribution in [0.15, 0.2) is 23.4 Å². The summed E-state index contributed by atoms with van der Waals surface area (Å²) in [5.74, 6) is 0.432. The lowest BCUT2D eigenvalue weighted by Gasteiger charge is -2.16. The van der Waals surface area contributed by atoms with Crippen molar-refractivity contribution < 1.29 is 19.1 Å². The van der Waals surface area contributed by atoms with Crippen LogP contribution in [0.3, 0.4) is 0 Å². The fourth-order valence-electron chi connectivity index (χ4n) is 3.27. The number of esters is 1. The third-order valence-corrected chi connectivity index (χ3v) is 7.71. The minimum atomic E-state index is -0.453. The van der Waals surface area contributed by atoms with Gasteiger partial charge in [-0.25, -0.2) is 4.79 Å². The van der Waals surface area contributed by atoms with E-state index in [2.05, 4.69) is 15.5 Å². The molecule has 0 aliphatic rings. The summed E-state index contributed by atoms with van der Waals surface area (Å²) in [5.41, 5.74) is 1.21. The molecule has 1 N–H and O–H groups in total. The molecule has 8 nitrogen and oxygen atoms in total. The Balaban J connectivity index is 1.69. The summed E-state index contributed by atoms with van der Waals surface area (Å²) in [5, 5.41) is 13.4. The highest BCUT2D eigenvalue weighted by atomic mass is 35.5. The van der Waals surface area contributed by atoms with E-state index in [1.165, 1.54) is 23.1 Å². The van der Waals surface area contributed by atoms with E-state index in [0.29, 0.717) is 43.9 Å². The van der Waals surface area contributed by atoms with Crippen molar-refractivity contribution in [3.63, 3.8) is 0 Å². The van der Waals surface area contributed by atoms with Gasteiger partial charge in [-0.2, -0.15) is 0 Å². The molecule has 0 saturated carbocycles. The van der Waals surface area contributed by atoms with Crippen molar-refractivity contribution >= 4 is 63.2 Å². The van der Waals surface area contributed by atoms with Gasteiger partial charge in [0.15, 0.2) is 17.1 Å². The standard InChI is InChI=1S/C23H26Cl2N4O4S2/c1-6-29-20(13(4)33-17-10-15(24)8-9-16(17)25)27-28-23(29)34-11-18(30)26-21-19(22(31)32-7-2)12(3)14(5)35-21/h8-10,13H,6-7,11H2,1-5H3,(H,26,30). The maximum absolute atomic E-state index is 12.7. The number of hydrogen-bond acceptors (Lipinski definition) is 8. The number of carbonyl (C=O) groups is 2. The number of ether oxygens (including phenoxy) is 2. The average molecular weight is 558 g/mol. The van der Waals surface area contributed by atoms with Crippen LogP contribution in [0, 0.1) is 13.8 Å². The summed E-state index contributed by atoms with van der Waals surface area (Å²) in [7, 11) is 0. The summed E-state index contributed by atoms with van der Waals surface area (Å²) >= 11 is 14.9. The number of aromatic nitrogens is 3. The monoisotopic (exact) mass is 556 g/mol. The molecule has 1 unspecified atom stereocenters. The van der Waals surface area contributed by atoms with E-state index >= 15 is 0 Å². The van der Waals surface area contributed by atoms with Crippen LogP contribution < -0.4 is 10.1 Å². The second-order valence-electron chi connectivity index (χ2n) is 7.46. The molecule has 0 saturated heterocycles. The third-order valence-electron chi connectivity index (χ3n) is 5.07. The zero-order valence-electron chi connectivity index (χ0n) is 20.0. The SMILES string of the molecule is CCOC(=O)c1c(NC(=O)CSc2nnc(C(C)Oc3cc(Cl)ccc3Cl)n2CC)sc(C)c1C. The summed E-state index contributed by atoms with van der Waals surface area (Å²) in [4.78, 5) is 26.0. The van der Waals surface area contributed by atoms with E-state index in [1.54, 1.807) is 25.1 Å². The van der Waals surface area contributed by atoms with Gasteiger partial charge in [0.2, 0.25) is 5.91 Å². The van der Waals surface area contributed by atoms with E-state index in [9.17, 15) is 9.59 Å². The highest BCUT2D eigenvalue weighted by Gasteiger charge is 2.23. The molecule has 3 aromatic rings. The lowest BCUT2D eigenvalue weighted by molar-refractivity contribution is -0.113. The molecule has 1 aromatic carbocycles. The maximum atomic E-state index is 12.7. The van der Waals surface area contributed by atoms with Gasteiger partial charge in [-0.3, -0.25) is 4.79 Å². The van der Waals surface area contributed by atoms with E-state index < -0.39 is 12.1 Å². The molecular formula is C23H26Cl2N4O4S2. The first-order chi connectivity index (χ1) is 16.7. The number of carbonyl (C=O) groups excluding carboxylic acids is 2. The smallest absolute Gasteiger partial charge is 0.341 e. The normalized spacial score (nSPS) is 11.9. The highest BCUT2D eigenvalue weighted by Crippen LogP contribution is 2.34. The Morgan fingerprint density at radius 1 is 1.23 bits per heavy atom. The molecule has 0 aliphatic carbocycles. The third kappa shape index (κ3) is 6.49. The number of hydrogen-bond donors (Lipinski definition) is 1. The van der Waals surface area contributed by atoms with E-state index in [1.807, 2.05) is 32.3 Å². The predicted molar refractivity (Wildman–Crippen MR) is 140 cm³/mol. The number of rotatable bonds is 10. The molecule has 0 aliphatic heterocycles. The molecule has 2 aromatic heterocycles. The summed E-state index contributed by atoms with van der Waals surface area (Å²) < 4.78 is 13.0. The Hall–Kier alpha value is -2.27. The van der Waals surface area contributed by atoms with Gasteiger partial charge in [0.25, 0.3) is 0 Å². The van der Waals surface area contributed by atoms with Crippen LogP contribution in [0.2, 0.25) is 10.0 Å². The van der Waals surface area contributed by atoms with Gasteiger partial charge in [-0.1, -0.05) is 35.0 Å². The summed E-state index contributed by atoms with van der Waals surface area (Å²) in [6, 6.07) is 5.00. The molecule has 188 valence electrons. The molecule has 0 spiro atoms. The zero-order chi connectivity index (χ0) is 25.7. The number of halogens is 2. The molecule has 0 radical (unpaired) electrons. The first-order valence-corrected chi connectivity index (χ1v) is 13.5. The second-order valence-corrected chi connectivity index (χ2v) is 10.5. The lowest BCUT2D eigenvalue weighted by atomic mass is 10.1. The first-order valence-electron chi connectivity index (χ1n) is 10.9. The van der Waals surface area contributed by atoms with Gasteiger partial charge in [0.05, 0.1) is 22.9 Å². The number of thiophene rings is 1. The van der Waals surface area contributed by atoms with Gasteiger partial charge in [-0.05, 0) is 52.3 Å². The van der Waals surface area contributed by atoms with Crippen molar-refractivity contribution in [1.82, 2.24) is 14.8 Å². The molecule has 3 rings (SSSR count). The van der Waals surface area contributed by atoms with Crippen LogP contribution in [0.5, 0.6) is 5.75 Å². The molecule has 1 amide bonds. The first kappa shape index (κ1) is 27.3. The maximum Gasteiger partial charge on any atom is 0.341 e. The second kappa shape index (κ2) is 12.1. The quantitative estimate of drug-likeness (QED) is 0.230. The van der Waals surface area contributed by atoms with Gasteiger partial charge >= 0.3 is 5.97 Å². The van der Waals surface area contributed by atoms with Crippen molar-refractivity contribution in [3.05, 3.63) is 50.1 Å². The number of nitrogens with one attached hydrogen (secondary N) is 1. The number of anilines is 1. The Bertz CT molecular complexity index is 1230. The molecule has 0 fully saturated rings. The van der Waals surface area contributed by atoms with E-state index in [-0.39, 0.29) is 18.3 Å². The van der Waals surface area contributed by atoms with Crippen molar-refractivity contribution in [2.75, 3.05) is 17.7 Å². The lowest BCUT2D eigenvalue weighted by Crippen LogP contribution is -2.17. The highest BCUT2D eigenvalue weighted by molar-refractivity contribution is 7.99. The van der Waals surface area contributed by atoms with E-state index in [4.69, 9.17) is 32.7 Å². The summed E-state index contributed by atoms with van der Waals surface area (Å²) in [6.45, 7) is 10.1. The molecule has 12 heteroatoms. The van der Waals surface area contributed by atoms with Gasteiger partial charge in [0, 0.05) is 22.5 Å². The van der Waals surface area contributed by atoms with Crippen LogP contribution in [-0.2, 0) is 16.1 Å². The van der Waals surface area contributed by atoms with Gasteiger partial charge in [-0.15, -0.1) is 21.5 Å². The largest absolute Gasteiger partial charge is 0.481 e. The minimum Gasteiger partial charge on any atom is -0.481 e. The topological polar surface area (TPSA) is 95.3 Å². The molecule has 2 heterocycles. The van der Waals surface area contributed by atoms with Crippen LogP contribution in [0.25, 0.3) is 0 Å². The average Bonchev–Trinajstić information content (AvgIpc) is 3.35. The van der Waals surface area contributed by atoms with Gasteiger partial charge in [0.1, 0.15) is 10.8 Å². The molecular weight excluding hydrogens is 531 g/mol. The van der Waals surface area contributed by atoms with Crippen LogP contribution >= 0.6 is 46.3 Å². The van der Waals surface area contributed by atoms with Crippen molar-refractivity contribution in [1.29, 1.82) is 0 Å². The van der Waals surface area contributed by atoms with Crippen LogP contribution in [-0.4, -0.2) is 39.0 Å². The Morgan fingerprint density at radius 3 is 2.66 bits per heavy atom. The number of nitrogens with zero attached hydrogens (tertiary/aromatic N) is 3. The van der Waals surface area contributed by atoms with Crippen LogP contribution in [0.1, 0.15) is 53.5 Å². The predicted octanol–water partition coefficient (Wildman–Crippen LogP) is 6.33. The number of amides is 1. The number of thioether (sulfide) groups is 1. The molecule has 35 heavy (non-hydrogen) atoms. The number of benzene rings is 1. The number of aryl methyl sites for hydroxylation is 1.